The highest BCUT2D eigenvalue weighted by atomic mass is 35.5. The van der Waals surface area contributed by atoms with Crippen LogP contribution in [-0.4, -0.2) is 48.0 Å². The summed E-state index contributed by atoms with van der Waals surface area (Å²) in [7, 11) is 0. The Morgan fingerprint density at radius 3 is 2.44 bits per heavy atom. The van der Waals surface area contributed by atoms with E-state index < -0.39 is 5.91 Å². The summed E-state index contributed by atoms with van der Waals surface area (Å²) in [6, 6.07) is 7.78. The Labute approximate surface area is 154 Å². The average molecular weight is 380 g/mol. The molecule has 2 aromatic rings. The number of benzene rings is 1. The van der Waals surface area contributed by atoms with Gasteiger partial charge in [0.2, 0.25) is 0 Å². The first-order chi connectivity index (χ1) is 12.0. The number of carbonyl (C=O) groups is 2. The highest BCUT2D eigenvalue weighted by Gasteiger charge is 2.20. The lowest BCUT2D eigenvalue weighted by Gasteiger charge is -2.26. The molecule has 6 nitrogen and oxygen atoms in total. The standard InChI is InChI=1S/C17H15Cl2N3O3/c18-12-8-13(19)10-14(9-12)21-16(23)15-7-11(1-2-20-15)17(24)22-3-5-25-6-4-22/h1-2,7-10H,3-6H2,(H,21,23). The van der Waals surface area contributed by atoms with E-state index in [0.717, 1.165) is 0 Å². The van der Waals surface area contributed by atoms with Gasteiger partial charge in [0.25, 0.3) is 11.8 Å². The predicted molar refractivity (Wildman–Crippen MR) is 95.4 cm³/mol. The molecule has 1 aliphatic rings. The fourth-order valence-corrected chi connectivity index (χ4v) is 2.98. The van der Waals surface area contributed by atoms with Gasteiger partial charge in [0.1, 0.15) is 5.69 Å². The van der Waals surface area contributed by atoms with E-state index in [-0.39, 0.29) is 11.6 Å². The van der Waals surface area contributed by atoms with Crippen LogP contribution < -0.4 is 5.32 Å². The van der Waals surface area contributed by atoms with E-state index in [1.807, 2.05) is 0 Å². The molecule has 130 valence electrons. The molecular weight excluding hydrogens is 365 g/mol. The van der Waals surface area contributed by atoms with Crippen LogP contribution in [-0.2, 0) is 4.74 Å². The van der Waals surface area contributed by atoms with Crippen molar-refractivity contribution in [2.75, 3.05) is 31.6 Å². The summed E-state index contributed by atoms with van der Waals surface area (Å²) >= 11 is 11.8. The Morgan fingerprint density at radius 1 is 1.08 bits per heavy atom. The molecule has 3 rings (SSSR count). The Balaban J connectivity index is 1.76. The number of rotatable bonds is 3. The highest BCUT2D eigenvalue weighted by Crippen LogP contribution is 2.22. The minimum atomic E-state index is -0.449. The van der Waals surface area contributed by atoms with E-state index in [4.69, 9.17) is 27.9 Å². The van der Waals surface area contributed by atoms with Gasteiger partial charge in [-0.1, -0.05) is 23.2 Å². The summed E-state index contributed by atoms with van der Waals surface area (Å²) in [4.78, 5) is 30.6. The molecule has 1 N–H and O–H groups in total. The number of anilines is 1. The summed E-state index contributed by atoms with van der Waals surface area (Å²) in [5.41, 5.74) is 0.996. The third kappa shape index (κ3) is 4.48. The quantitative estimate of drug-likeness (QED) is 0.888. The molecule has 2 amide bonds. The molecule has 0 bridgehead atoms. The molecule has 1 fully saturated rings. The van der Waals surface area contributed by atoms with E-state index in [2.05, 4.69) is 10.3 Å². The second-order valence-electron chi connectivity index (χ2n) is 5.45. The van der Waals surface area contributed by atoms with Crippen molar-refractivity contribution in [1.29, 1.82) is 0 Å². The van der Waals surface area contributed by atoms with E-state index in [9.17, 15) is 9.59 Å². The van der Waals surface area contributed by atoms with Crippen LogP contribution in [0.2, 0.25) is 10.0 Å². The molecule has 0 aliphatic carbocycles. The summed E-state index contributed by atoms with van der Waals surface area (Å²) < 4.78 is 5.24. The van der Waals surface area contributed by atoms with Gasteiger partial charge in [-0.2, -0.15) is 0 Å². The second kappa shape index (κ2) is 7.82. The zero-order valence-electron chi connectivity index (χ0n) is 13.2. The molecular formula is C17H15Cl2N3O3. The van der Waals surface area contributed by atoms with Crippen molar-refractivity contribution in [3.63, 3.8) is 0 Å². The number of carbonyl (C=O) groups excluding carboxylic acids is 2. The van der Waals surface area contributed by atoms with Crippen LogP contribution in [0.15, 0.2) is 36.5 Å². The molecule has 2 heterocycles. The van der Waals surface area contributed by atoms with Crippen LogP contribution in [0.4, 0.5) is 5.69 Å². The molecule has 1 aromatic heterocycles. The number of nitrogens with one attached hydrogen (secondary N) is 1. The van der Waals surface area contributed by atoms with Crippen LogP contribution >= 0.6 is 23.2 Å². The van der Waals surface area contributed by atoms with E-state index in [0.29, 0.717) is 47.6 Å². The predicted octanol–water partition coefficient (Wildman–Crippen LogP) is 3.11. The van der Waals surface area contributed by atoms with E-state index >= 15 is 0 Å². The Hall–Kier alpha value is -2.15. The Morgan fingerprint density at radius 2 is 1.76 bits per heavy atom. The number of pyridine rings is 1. The van der Waals surface area contributed by atoms with Crippen LogP contribution in [0.25, 0.3) is 0 Å². The van der Waals surface area contributed by atoms with Gasteiger partial charge in [0.15, 0.2) is 0 Å². The number of hydrogen-bond donors (Lipinski definition) is 1. The van der Waals surface area contributed by atoms with Crippen molar-refractivity contribution in [3.05, 3.63) is 57.8 Å². The van der Waals surface area contributed by atoms with E-state index in [1.54, 1.807) is 29.2 Å². The monoisotopic (exact) mass is 379 g/mol. The third-order valence-electron chi connectivity index (χ3n) is 3.66. The number of nitrogens with zero attached hydrogens (tertiary/aromatic N) is 2. The SMILES string of the molecule is O=C(Nc1cc(Cl)cc(Cl)c1)c1cc(C(=O)N2CCOCC2)ccn1. The molecule has 0 saturated carbocycles. The lowest BCUT2D eigenvalue weighted by atomic mass is 10.2. The smallest absolute Gasteiger partial charge is 0.274 e. The molecule has 0 unspecified atom stereocenters. The first-order valence-corrected chi connectivity index (χ1v) is 8.39. The van der Waals surface area contributed by atoms with Crippen molar-refractivity contribution in [2.45, 2.75) is 0 Å². The maximum Gasteiger partial charge on any atom is 0.274 e. The fraction of sp³-hybridized carbons (Fsp3) is 0.235. The maximum atomic E-state index is 12.5. The first-order valence-electron chi connectivity index (χ1n) is 7.63. The van der Waals surface area contributed by atoms with Crippen molar-refractivity contribution in [1.82, 2.24) is 9.88 Å². The van der Waals surface area contributed by atoms with Crippen molar-refractivity contribution in [2.24, 2.45) is 0 Å². The van der Waals surface area contributed by atoms with Crippen molar-refractivity contribution < 1.29 is 14.3 Å². The van der Waals surface area contributed by atoms with Crippen molar-refractivity contribution in [3.8, 4) is 0 Å². The Bertz CT molecular complexity index is 787. The van der Waals surface area contributed by atoms with Crippen LogP contribution in [0.3, 0.4) is 0 Å². The fourth-order valence-electron chi connectivity index (χ4n) is 2.46. The lowest BCUT2D eigenvalue weighted by molar-refractivity contribution is 0.0303. The van der Waals surface area contributed by atoms with Gasteiger partial charge in [-0.15, -0.1) is 0 Å². The minimum absolute atomic E-state index is 0.134. The van der Waals surface area contributed by atoms with Crippen LogP contribution in [0.5, 0.6) is 0 Å². The Kier molecular flexibility index (Phi) is 5.53. The van der Waals surface area contributed by atoms with Gasteiger partial charge in [-0.25, -0.2) is 0 Å². The maximum absolute atomic E-state index is 12.5. The average Bonchev–Trinajstić information content (AvgIpc) is 2.61. The van der Waals surface area contributed by atoms with Gasteiger partial charge in [0, 0.05) is 40.6 Å². The zero-order valence-corrected chi connectivity index (χ0v) is 14.7. The lowest BCUT2D eigenvalue weighted by Crippen LogP contribution is -2.40. The molecule has 25 heavy (non-hydrogen) atoms. The largest absolute Gasteiger partial charge is 0.378 e. The molecule has 0 spiro atoms. The number of halogens is 2. The molecule has 1 aromatic carbocycles. The van der Waals surface area contributed by atoms with E-state index in [1.165, 1.54) is 12.3 Å². The highest BCUT2D eigenvalue weighted by molar-refractivity contribution is 6.35. The normalized spacial score (nSPS) is 14.2. The third-order valence-corrected chi connectivity index (χ3v) is 4.09. The molecule has 0 atom stereocenters. The van der Waals surface area contributed by atoms with Crippen LogP contribution in [0, 0.1) is 0 Å². The van der Waals surface area contributed by atoms with Gasteiger partial charge in [-0.3, -0.25) is 14.6 Å². The minimum Gasteiger partial charge on any atom is -0.378 e. The number of aromatic nitrogens is 1. The van der Waals surface area contributed by atoms with Crippen molar-refractivity contribution >= 4 is 40.7 Å². The van der Waals surface area contributed by atoms with Gasteiger partial charge >= 0.3 is 0 Å². The number of hydrogen-bond acceptors (Lipinski definition) is 4. The van der Waals surface area contributed by atoms with Crippen LogP contribution in [0.1, 0.15) is 20.8 Å². The molecule has 8 heteroatoms. The first kappa shape index (κ1) is 17.7. The summed E-state index contributed by atoms with van der Waals surface area (Å²) in [5.74, 6) is -0.597. The summed E-state index contributed by atoms with van der Waals surface area (Å²) in [5, 5.41) is 3.49. The molecule has 1 aliphatic heterocycles. The van der Waals surface area contributed by atoms with Gasteiger partial charge in [0.05, 0.1) is 13.2 Å². The van der Waals surface area contributed by atoms with Gasteiger partial charge < -0.3 is 15.0 Å². The van der Waals surface area contributed by atoms with Gasteiger partial charge in [-0.05, 0) is 30.3 Å². The molecule has 1 saturated heterocycles. The number of ether oxygens (including phenoxy) is 1. The number of morpholine rings is 1. The summed E-state index contributed by atoms with van der Waals surface area (Å²) in [6.07, 6.45) is 1.44. The molecule has 0 radical (unpaired) electrons. The second-order valence-corrected chi connectivity index (χ2v) is 6.32. The topological polar surface area (TPSA) is 71.5 Å². The summed E-state index contributed by atoms with van der Waals surface area (Å²) in [6.45, 7) is 2.09. The number of amides is 2. The zero-order chi connectivity index (χ0) is 17.8.